The topological polar surface area (TPSA) is 86.3 Å². The standard InChI is InChI=1S/C22H25NO6/c1-14(24)23-18-19(25)20-17(13-27-21(29-20)16-10-6-3-7-11-16)28-22(18)26-12-15-8-4-2-5-9-15/h2-11,17-22,25H,12-13H2,1H3,(H,23,24)/t17?,18?,19-,20+,21?,22-/m1/s1. The van der Waals surface area contributed by atoms with E-state index in [1.807, 2.05) is 60.7 Å². The summed E-state index contributed by atoms with van der Waals surface area (Å²) >= 11 is 0. The first-order valence-electron chi connectivity index (χ1n) is 9.70. The fourth-order valence-corrected chi connectivity index (χ4v) is 3.65. The Hall–Kier alpha value is -2.29. The van der Waals surface area contributed by atoms with Crippen LogP contribution in [-0.2, 0) is 30.3 Å². The van der Waals surface area contributed by atoms with Crippen LogP contribution in [0.15, 0.2) is 60.7 Å². The van der Waals surface area contributed by atoms with Gasteiger partial charge < -0.3 is 29.4 Å². The molecule has 29 heavy (non-hydrogen) atoms. The molecular weight excluding hydrogens is 374 g/mol. The predicted molar refractivity (Wildman–Crippen MR) is 104 cm³/mol. The summed E-state index contributed by atoms with van der Waals surface area (Å²) in [7, 11) is 0. The van der Waals surface area contributed by atoms with Gasteiger partial charge in [0.1, 0.15) is 24.4 Å². The molecule has 2 heterocycles. The van der Waals surface area contributed by atoms with Crippen molar-refractivity contribution in [3.63, 3.8) is 0 Å². The fourth-order valence-electron chi connectivity index (χ4n) is 3.65. The number of fused-ring (bicyclic) bond motifs is 1. The zero-order valence-corrected chi connectivity index (χ0v) is 16.1. The van der Waals surface area contributed by atoms with E-state index in [9.17, 15) is 9.90 Å². The van der Waals surface area contributed by atoms with Gasteiger partial charge >= 0.3 is 0 Å². The Balaban J connectivity index is 1.48. The van der Waals surface area contributed by atoms with Crippen molar-refractivity contribution in [1.29, 1.82) is 0 Å². The van der Waals surface area contributed by atoms with Gasteiger partial charge in [0, 0.05) is 12.5 Å². The zero-order valence-electron chi connectivity index (χ0n) is 16.1. The monoisotopic (exact) mass is 399 g/mol. The van der Waals surface area contributed by atoms with Crippen molar-refractivity contribution in [1.82, 2.24) is 5.32 Å². The molecule has 0 bridgehead atoms. The van der Waals surface area contributed by atoms with Crippen molar-refractivity contribution < 1.29 is 28.8 Å². The Labute approximate surface area is 169 Å². The number of ether oxygens (including phenoxy) is 4. The summed E-state index contributed by atoms with van der Waals surface area (Å²) in [5, 5.41) is 13.7. The van der Waals surface area contributed by atoms with Gasteiger partial charge in [-0.15, -0.1) is 0 Å². The van der Waals surface area contributed by atoms with Gasteiger partial charge in [-0.05, 0) is 5.56 Å². The summed E-state index contributed by atoms with van der Waals surface area (Å²) in [6.45, 7) is 1.93. The average molecular weight is 399 g/mol. The van der Waals surface area contributed by atoms with Crippen LogP contribution in [0, 0.1) is 0 Å². The molecule has 7 nitrogen and oxygen atoms in total. The Bertz CT molecular complexity index is 801. The smallest absolute Gasteiger partial charge is 0.217 e. The molecule has 2 saturated heterocycles. The van der Waals surface area contributed by atoms with Crippen LogP contribution in [0.4, 0.5) is 0 Å². The number of hydrogen-bond acceptors (Lipinski definition) is 6. The first-order chi connectivity index (χ1) is 14.1. The van der Waals surface area contributed by atoms with Crippen LogP contribution in [0.3, 0.4) is 0 Å². The Morgan fingerprint density at radius 3 is 2.48 bits per heavy atom. The van der Waals surface area contributed by atoms with Crippen LogP contribution in [0.5, 0.6) is 0 Å². The number of amides is 1. The van der Waals surface area contributed by atoms with Crippen molar-refractivity contribution in [3.8, 4) is 0 Å². The molecule has 0 spiro atoms. The Morgan fingerprint density at radius 1 is 1.10 bits per heavy atom. The minimum atomic E-state index is -1.01. The molecule has 1 amide bonds. The molecule has 0 radical (unpaired) electrons. The molecule has 154 valence electrons. The van der Waals surface area contributed by atoms with Crippen LogP contribution >= 0.6 is 0 Å². The number of rotatable bonds is 5. The number of aliphatic hydroxyl groups excluding tert-OH is 1. The van der Waals surface area contributed by atoms with E-state index in [2.05, 4.69) is 5.32 Å². The molecule has 2 aromatic rings. The predicted octanol–water partition coefficient (Wildman–Crippen LogP) is 1.91. The minimum absolute atomic E-state index is 0.249. The Kier molecular flexibility index (Phi) is 6.22. The summed E-state index contributed by atoms with van der Waals surface area (Å²) in [4.78, 5) is 11.7. The molecule has 2 aliphatic heterocycles. The molecule has 2 aromatic carbocycles. The molecule has 2 N–H and O–H groups in total. The summed E-state index contributed by atoms with van der Waals surface area (Å²) in [5.74, 6) is -0.281. The van der Waals surface area contributed by atoms with Gasteiger partial charge in [-0.3, -0.25) is 4.79 Å². The van der Waals surface area contributed by atoms with Crippen molar-refractivity contribution >= 4 is 5.91 Å². The third-order valence-electron chi connectivity index (χ3n) is 5.06. The van der Waals surface area contributed by atoms with E-state index >= 15 is 0 Å². The highest BCUT2D eigenvalue weighted by Gasteiger charge is 2.50. The summed E-state index contributed by atoms with van der Waals surface area (Å²) in [6, 6.07) is 18.4. The van der Waals surface area contributed by atoms with E-state index in [1.54, 1.807) is 0 Å². The highest BCUT2D eigenvalue weighted by atomic mass is 16.7. The highest BCUT2D eigenvalue weighted by molar-refractivity contribution is 5.73. The number of benzene rings is 2. The minimum Gasteiger partial charge on any atom is -0.388 e. The molecule has 7 heteroatoms. The van der Waals surface area contributed by atoms with Gasteiger partial charge in [0.15, 0.2) is 12.6 Å². The lowest BCUT2D eigenvalue weighted by molar-refractivity contribution is -0.345. The van der Waals surface area contributed by atoms with Gasteiger partial charge in [0.25, 0.3) is 0 Å². The summed E-state index contributed by atoms with van der Waals surface area (Å²) in [6.07, 6.45) is -3.59. The van der Waals surface area contributed by atoms with Gasteiger partial charge in [-0.2, -0.15) is 0 Å². The van der Waals surface area contributed by atoms with Crippen LogP contribution in [0.25, 0.3) is 0 Å². The lowest BCUT2D eigenvalue weighted by atomic mass is 9.95. The van der Waals surface area contributed by atoms with Crippen LogP contribution in [-0.4, -0.2) is 48.3 Å². The van der Waals surface area contributed by atoms with E-state index in [-0.39, 0.29) is 12.5 Å². The molecule has 2 aliphatic rings. The quantitative estimate of drug-likeness (QED) is 0.799. The van der Waals surface area contributed by atoms with E-state index in [1.165, 1.54) is 6.92 Å². The highest BCUT2D eigenvalue weighted by Crippen LogP contribution is 2.34. The van der Waals surface area contributed by atoms with Gasteiger partial charge in [0.2, 0.25) is 5.91 Å². The maximum absolute atomic E-state index is 11.7. The first kappa shape index (κ1) is 20.0. The normalized spacial score (nSPS) is 31.7. The second-order valence-corrected chi connectivity index (χ2v) is 7.23. The maximum atomic E-state index is 11.7. The number of carbonyl (C=O) groups is 1. The molecule has 2 fully saturated rings. The lowest BCUT2D eigenvalue weighted by Gasteiger charge is -2.47. The molecule has 0 saturated carbocycles. The van der Waals surface area contributed by atoms with Crippen LogP contribution in [0.2, 0.25) is 0 Å². The average Bonchev–Trinajstić information content (AvgIpc) is 2.75. The number of aliphatic hydroxyl groups is 1. The molecule has 0 aliphatic carbocycles. The van der Waals surface area contributed by atoms with E-state index in [0.29, 0.717) is 6.61 Å². The molecular formula is C22H25NO6. The second-order valence-electron chi connectivity index (χ2n) is 7.23. The zero-order chi connectivity index (χ0) is 20.2. The number of nitrogens with one attached hydrogen (secondary N) is 1. The lowest BCUT2D eigenvalue weighted by Crippen LogP contribution is -2.66. The molecule has 0 aromatic heterocycles. The van der Waals surface area contributed by atoms with Gasteiger partial charge in [-0.1, -0.05) is 60.7 Å². The number of carbonyl (C=O) groups excluding carboxylic acids is 1. The third kappa shape index (κ3) is 4.66. The van der Waals surface area contributed by atoms with Gasteiger partial charge in [0.05, 0.1) is 13.2 Å². The maximum Gasteiger partial charge on any atom is 0.217 e. The van der Waals surface area contributed by atoms with E-state index in [4.69, 9.17) is 18.9 Å². The fraction of sp³-hybridized carbons (Fsp3) is 0.409. The van der Waals surface area contributed by atoms with E-state index < -0.39 is 36.9 Å². The van der Waals surface area contributed by atoms with Crippen molar-refractivity contribution in [2.45, 2.75) is 50.5 Å². The van der Waals surface area contributed by atoms with Crippen molar-refractivity contribution in [3.05, 3.63) is 71.8 Å². The Morgan fingerprint density at radius 2 is 1.79 bits per heavy atom. The van der Waals surface area contributed by atoms with Gasteiger partial charge in [-0.25, -0.2) is 0 Å². The summed E-state index contributed by atoms with van der Waals surface area (Å²) in [5.41, 5.74) is 1.83. The summed E-state index contributed by atoms with van der Waals surface area (Å²) < 4.78 is 23.8. The first-order valence-corrected chi connectivity index (χ1v) is 9.70. The molecule has 6 atom stereocenters. The van der Waals surface area contributed by atoms with E-state index in [0.717, 1.165) is 11.1 Å². The largest absolute Gasteiger partial charge is 0.388 e. The molecule has 3 unspecified atom stereocenters. The third-order valence-corrected chi connectivity index (χ3v) is 5.06. The number of hydrogen-bond donors (Lipinski definition) is 2. The second kappa shape index (κ2) is 9.02. The SMILES string of the molecule is CC(=O)NC1[C@H](OCc2ccccc2)OC2COC(c3ccccc3)O[C@@H]2[C@@H]1O. The van der Waals surface area contributed by atoms with Crippen molar-refractivity contribution in [2.75, 3.05) is 6.61 Å². The van der Waals surface area contributed by atoms with Crippen molar-refractivity contribution in [2.24, 2.45) is 0 Å². The van der Waals surface area contributed by atoms with Crippen LogP contribution < -0.4 is 5.32 Å². The van der Waals surface area contributed by atoms with Crippen LogP contribution in [0.1, 0.15) is 24.3 Å². The molecule has 4 rings (SSSR count).